The van der Waals surface area contributed by atoms with Gasteiger partial charge in [-0.2, -0.15) is 0 Å². The molecule has 1 fully saturated rings. The molecule has 3 rings (SSSR count). The molecular weight excluding hydrogens is 346 g/mol. The van der Waals surface area contributed by atoms with Gasteiger partial charge in [-0.05, 0) is 36.2 Å². The highest BCUT2D eigenvalue weighted by atomic mass is 16.5. The highest BCUT2D eigenvalue weighted by Gasteiger charge is 2.34. The number of benzene rings is 1. The number of hydrogen-bond donors (Lipinski definition) is 1. The molecular formula is C20H23N3O4. The van der Waals surface area contributed by atoms with E-state index in [1.807, 2.05) is 18.2 Å². The van der Waals surface area contributed by atoms with Gasteiger partial charge in [-0.25, -0.2) is 0 Å². The average Bonchev–Trinajstić information content (AvgIpc) is 3.07. The maximum absolute atomic E-state index is 12.4. The number of nitrogens with zero attached hydrogens (tertiary/aromatic N) is 2. The van der Waals surface area contributed by atoms with E-state index in [4.69, 9.17) is 9.47 Å². The van der Waals surface area contributed by atoms with Gasteiger partial charge in [0.1, 0.15) is 0 Å². The van der Waals surface area contributed by atoms with Gasteiger partial charge in [0.15, 0.2) is 11.5 Å². The lowest BCUT2D eigenvalue weighted by Gasteiger charge is -2.17. The van der Waals surface area contributed by atoms with Crippen molar-refractivity contribution in [1.29, 1.82) is 0 Å². The lowest BCUT2D eigenvalue weighted by atomic mass is 10.1. The SMILES string of the molecule is COc1ccc(CCN2CC(C(=O)Nc3ccncc3)CC2=O)cc1OC. The second-order valence-electron chi connectivity index (χ2n) is 6.41. The van der Waals surface area contributed by atoms with Crippen molar-refractivity contribution in [2.45, 2.75) is 12.8 Å². The number of hydrogen-bond acceptors (Lipinski definition) is 5. The predicted octanol–water partition coefficient (Wildman–Crippen LogP) is 2.13. The Kier molecular flexibility index (Phi) is 5.90. The van der Waals surface area contributed by atoms with Crippen LogP contribution in [-0.4, -0.2) is 49.0 Å². The van der Waals surface area contributed by atoms with E-state index in [1.165, 1.54) is 0 Å². The first-order valence-electron chi connectivity index (χ1n) is 8.80. The van der Waals surface area contributed by atoms with Crippen molar-refractivity contribution in [3.8, 4) is 11.5 Å². The van der Waals surface area contributed by atoms with Crippen LogP contribution < -0.4 is 14.8 Å². The summed E-state index contributed by atoms with van der Waals surface area (Å²) < 4.78 is 10.5. The van der Waals surface area contributed by atoms with Gasteiger partial charge < -0.3 is 19.7 Å². The largest absolute Gasteiger partial charge is 0.493 e. The van der Waals surface area contributed by atoms with Crippen molar-refractivity contribution in [1.82, 2.24) is 9.88 Å². The van der Waals surface area contributed by atoms with Gasteiger partial charge >= 0.3 is 0 Å². The van der Waals surface area contributed by atoms with Crippen LogP contribution >= 0.6 is 0 Å². The van der Waals surface area contributed by atoms with Crippen molar-refractivity contribution in [3.05, 3.63) is 48.3 Å². The summed E-state index contributed by atoms with van der Waals surface area (Å²) in [4.78, 5) is 30.3. The molecule has 2 heterocycles. The van der Waals surface area contributed by atoms with Crippen LogP contribution in [0.4, 0.5) is 5.69 Å². The molecule has 0 aliphatic carbocycles. The second kappa shape index (κ2) is 8.53. The summed E-state index contributed by atoms with van der Waals surface area (Å²) in [5.41, 5.74) is 1.73. The highest BCUT2D eigenvalue weighted by Crippen LogP contribution is 2.28. The number of carbonyl (C=O) groups is 2. The van der Waals surface area contributed by atoms with Gasteiger partial charge in [0.05, 0.1) is 20.1 Å². The third-order valence-corrected chi connectivity index (χ3v) is 4.65. The van der Waals surface area contributed by atoms with Gasteiger partial charge in [-0.1, -0.05) is 6.07 Å². The van der Waals surface area contributed by atoms with Gasteiger partial charge in [0.2, 0.25) is 11.8 Å². The Morgan fingerprint density at radius 3 is 2.63 bits per heavy atom. The molecule has 1 saturated heterocycles. The molecule has 27 heavy (non-hydrogen) atoms. The minimum absolute atomic E-state index is 0.00496. The van der Waals surface area contributed by atoms with Crippen LogP contribution in [0.2, 0.25) is 0 Å². The fraction of sp³-hybridized carbons (Fsp3) is 0.350. The Bertz CT molecular complexity index is 810. The number of pyridine rings is 1. The summed E-state index contributed by atoms with van der Waals surface area (Å²) in [6.07, 6.45) is 4.16. The van der Waals surface area contributed by atoms with E-state index >= 15 is 0 Å². The summed E-state index contributed by atoms with van der Waals surface area (Å²) in [6, 6.07) is 9.17. The molecule has 7 nitrogen and oxygen atoms in total. The summed E-state index contributed by atoms with van der Waals surface area (Å²) >= 11 is 0. The van der Waals surface area contributed by atoms with E-state index in [9.17, 15) is 9.59 Å². The molecule has 1 N–H and O–H groups in total. The van der Waals surface area contributed by atoms with Gasteiger partial charge in [0.25, 0.3) is 0 Å². The molecule has 1 aromatic heterocycles. The number of rotatable bonds is 7. The predicted molar refractivity (Wildman–Crippen MR) is 101 cm³/mol. The smallest absolute Gasteiger partial charge is 0.229 e. The minimum Gasteiger partial charge on any atom is -0.493 e. The number of amides is 2. The molecule has 1 unspecified atom stereocenters. The standard InChI is InChI=1S/C20H23N3O4/c1-26-17-4-3-14(11-18(17)27-2)7-10-23-13-15(12-19(23)24)20(25)22-16-5-8-21-9-6-16/h3-6,8-9,11,15H,7,10,12-13H2,1-2H3,(H,21,22,25). The molecule has 0 saturated carbocycles. The summed E-state index contributed by atoms with van der Waals surface area (Å²) in [5.74, 6) is 0.869. The first-order valence-corrected chi connectivity index (χ1v) is 8.80. The topological polar surface area (TPSA) is 80.8 Å². The second-order valence-corrected chi connectivity index (χ2v) is 6.41. The normalized spacial score (nSPS) is 16.3. The van der Waals surface area contributed by atoms with E-state index < -0.39 is 0 Å². The third-order valence-electron chi connectivity index (χ3n) is 4.65. The monoisotopic (exact) mass is 369 g/mol. The fourth-order valence-corrected chi connectivity index (χ4v) is 3.14. The van der Waals surface area contributed by atoms with Crippen molar-refractivity contribution in [2.24, 2.45) is 5.92 Å². The summed E-state index contributed by atoms with van der Waals surface area (Å²) in [7, 11) is 3.19. The average molecular weight is 369 g/mol. The van der Waals surface area contributed by atoms with E-state index in [2.05, 4.69) is 10.3 Å². The van der Waals surface area contributed by atoms with Crippen LogP contribution in [0.3, 0.4) is 0 Å². The van der Waals surface area contributed by atoms with E-state index in [-0.39, 0.29) is 24.2 Å². The van der Waals surface area contributed by atoms with Crippen molar-refractivity contribution < 1.29 is 19.1 Å². The zero-order valence-corrected chi connectivity index (χ0v) is 15.5. The quantitative estimate of drug-likeness (QED) is 0.809. The zero-order valence-electron chi connectivity index (χ0n) is 15.5. The molecule has 1 aromatic carbocycles. The van der Waals surface area contributed by atoms with Gasteiger partial charge in [-0.3, -0.25) is 14.6 Å². The molecule has 142 valence electrons. The number of likely N-dealkylation sites (tertiary alicyclic amines) is 1. The molecule has 1 aliphatic rings. The third kappa shape index (κ3) is 4.55. The Labute approximate surface area is 158 Å². The van der Waals surface area contributed by atoms with Gasteiger partial charge in [0, 0.05) is 37.6 Å². The Hall–Kier alpha value is -3.09. The number of nitrogens with one attached hydrogen (secondary N) is 1. The number of aromatic nitrogens is 1. The molecule has 1 aliphatic heterocycles. The number of anilines is 1. The van der Waals surface area contributed by atoms with Gasteiger partial charge in [-0.15, -0.1) is 0 Å². The van der Waals surface area contributed by atoms with Crippen LogP contribution in [0.5, 0.6) is 11.5 Å². The fourth-order valence-electron chi connectivity index (χ4n) is 3.14. The Balaban J connectivity index is 1.56. The lowest BCUT2D eigenvalue weighted by molar-refractivity contribution is -0.128. The molecule has 7 heteroatoms. The first-order chi connectivity index (χ1) is 13.1. The maximum atomic E-state index is 12.4. The lowest BCUT2D eigenvalue weighted by Crippen LogP contribution is -2.30. The number of carbonyl (C=O) groups excluding carboxylic acids is 2. The van der Waals surface area contributed by atoms with E-state index in [1.54, 1.807) is 43.6 Å². The number of methoxy groups -OCH3 is 2. The van der Waals surface area contributed by atoms with Crippen LogP contribution in [0, 0.1) is 5.92 Å². The Morgan fingerprint density at radius 2 is 1.93 bits per heavy atom. The zero-order chi connectivity index (χ0) is 19.2. The van der Waals surface area contributed by atoms with Crippen LogP contribution in [0.1, 0.15) is 12.0 Å². The first kappa shape index (κ1) is 18.7. The van der Waals surface area contributed by atoms with Crippen molar-refractivity contribution in [2.75, 3.05) is 32.6 Å². The van der Waals surface area contributed by atoms with Crippen molar-refractivity contribution >= 4 is 17.5 Å². The minimum atomic E-state index is -0.337. The molecule has 2 aromatic rings. The van der Waals surface area contributed by atoms with Crippen molar-refractivity contribution in [3.63, 3.8) is 0 Å². The van der Waals surface area contributed by atoms with Crippen LogP contribution in [0.25, 0.3) is 0 Å². The summed E-state index contributed by atoms with van der Waals surface area (Å²) in [6.45, 7) is 0.996. The number of ether oxygens (including phenoxy) is 2. The Morgan fingerprint density at radius 1 is 1.19 bits per heavy atom. The molecule has 0 radical (unpaired) electrons. The van der Waals surface area contributed by atoms with E-state index in [0.29, 0.717) is 36.7 Å². The molecule has 0 spiro atoms. The molecule has 0 bridgehead atoms. The maximum Gasteiger partial charge on any atom is 0.229 e. The molecule has 1 atom stereocenters. The highest BCUT2D eigenvalue weighted by molar-refractivity contribution is 5.97. The molecule has 2 amide bonds. The van der Waals surface area contributed by atoms with E-state index in [0.717, 1.165) is 5.56 Å². The summed E-state index contributed by atoms with van der Waals surface area (Å²) in [5, 5.41) is 2.84. The van der Waals surface area contributed by atoms with Crippen LogP contribution in [0.15, 0.2) is 42.7 Å². The van der Waals surface area contributed by atoms with Crippen LogP contribution in [-0.2, 0) is 16.0 Å².